The van der Waals surface area contributed by atoms with Gasteiger partial charge in [0, 0.05) is 18.1 Å². The zero-order valence-electron chi connectivity index (χ0n) is 22.5. The second-order valence-corrected chi connectivity index (χ2v) is 9.37. The van der Waals surface area contributed by atoms with Crippen molar-refractivity contribution in [3.63, 3.8) is 0 Å². The van der Waals surface area contributed by atoms with Gasteiger partial charge in [0.1, 0.15) is 0 Å². The highest BCUT2D eigenvalue weighted by atomic mass is 14.7. The fourth-order valence-corrected chi connectivity index (χ4v) is 4.43. The normalized spacial score (nSPS) is 25.6. The lowest BCUT2D eigenvalue weighted by atomic mass is 9.90. The highest BCUT2D eigenvalue weighted by Gasteiger charge is 2.17. The van der Waals surface area contributed by atoms with Crippen molar-refractivity contribution in [2.75, 3.05) is 0 Å². The van der Waals surface area contributed by atoms with Gasteiger partial charge in [0.15, 0.2) is 0 Å². The summed E-state index contributed by atoms with van der Waals surface area (Å²) in [5.74, 6) is 1.24. The Hall–Kier alpha value is -2.48. The second-order valence-electron chi connectivity index (χ2n) is 9.37. The van der Waals surface area contributed by atoms with Crippen molar-refractivity contribution >= 4 is 11.9 Å². The van der Waals surface area contributed by atoms with Crippen molar-refractivity contribution in [1.82, 2.24) is 0 Å². The number of aliphatic imine (C=N–C) groups is 2. The molecule has 0 saturated heterocycles. The Kier molecular flexibility index (Phi) is 12.6. The molecule has 2 unspecified atom stereocenters. The Labute approximate surface area is 209 Å². The molecular weight excluding hydrogens is 412 g/mol. The highest BCUT2D eigenvalue weighted by Crippen LogP contribution is 2.29. The van der Waals surface area contributed by atoms with Crippen molar-refractivity contribution in [1.29, 1.82) is 0 Å². The first kappa shape index (κ1) is 27.8. The van der Waals surface area contributed by atoms with Crippen LogP contribution in [-0.4, -0.2) is 11.9 Å². The van der Waals surface area contributed by atoms with E-state index in [0.29, 0.717) is 11.8 Å². The van der Waals surface area contributed by atoms with Crippen LogP contribution in [0.2, 0.25) is 0 Å². The van der Waals surface area contributed by atoms with Crippen LogP contribution in [0.15, 0.2) is 87.2 Å². The van der Waals surface area contributed by atoms with E-state index in [9.17, 15) is 0 Å². The minimum atomic E-state index is 0.580. The minimum Gasteiger partial charge on any atom is -0.261 e. The number of aryl methyl sites for hydroxylation is 1. The summed E-state index contributed by atoms with van der Waals surface area (Å²) in [6.45, 7) is 13.1. The van der Waals surface area contributed by atoms with Crippen molar-refractivity contribution in [3.05, 3.63) is 82.7 Å². The summed E-state index contributed by atoms with van der Waals surface area (Å²) < 4.78 is 0. The summed E-state index contributed by atoms with van der Waals surface area (Å²) in [5, 5.41) is 0. The Morgan fingerprint density at radius 3 is 2.53 bits per heavy atom. The summed E-state index contributed by atoms with van der Waals surface area (Å²) in [7, 11) is 0. The Balaban J connectivity index is 0.00000199. The van der Waals surface area contributed by atoms with Crippen molar-refractivity contribution in [2.24, 2.45) is 21.8 Å². The number of benzene rings is 1. The number of nitrogens with zero attached hydrogens (tertiary/aromatic N) is 2. The number of hydrogen-bond donors (Lipinski definition) is 0. The predicted molar refractivity (Wildman–Crippen MR) is 152 cm³/mol. The molecule has 2 aliphatic heterocycles. The molecular formula is C32H46N2. The largest absolute Gasteiger partial charge is 0.261 e. The number of hydrogen-bond acceptors (Lipinski definition) is 2. The van der Waals surface area contributed by atoms with Gasteiger partial charge in [0.2, 0.25) is 0 Å². The first-order valence-corrected chi connectivity index (χ1v) is 13.5. The molecule has 1 aromatic rings. The molecule has 0 N–H and O–H groups in total. The van der Waals surface area contributed by atoms with E-state index in [1.54, 1.807) is 0 Å². The molecule has 0 amide bonds. The SMILES string of the molecule is CC.CCC\C(=C/C1=C/C(CCc2ccccc2)=N\C=C(/C)CC1)C1=CCC(C)C(CC)C=N1. The maximum atomic E-state index is 4.96. The van der Waals surface area contributed by atoms with Crippen LogP contribution in [0.3, 0.4) is 0 Å². The van der Waals surface area contributed by atoms with Crippen LogP contribution in [0.1, 0.15) is 92.1 Å². The highest BCUT2D eigenvalue weighted by molar-refractivity contribution is 5.96. The van der Waals surface area contributed by atoms with Crippen LogP contribution < -0.4 is 0 Å². The molecule has 2 aliphatic rings. The molecule has 0 fully saturated rings. The van der Waals surface area contributed by atoms with Gasteiger partial charge in [-0.1, -0.05) is 89.1 Å². The third-order valence-electron chi connectivity index (χ3n) is 6.62. The molecule has 34 heavy (non-hydrogen) atoms. The zero-order valence-corrected chi connectivity index (χ0v) is 22.5. The van der Waals surface area contributed by atoms with E-state index in [2.05, 4.69) is 88.7 Å². The van der Waals surface area contributed by atoms with Gasteiger partial charge < -0.3 is 0 Å². The van der Waals surface area contributed by atoms with Crippen LogP contribution in [0.25, 0.3) is 0 Å². The lowest BCUT2D eigenvalue weighted by molar-refractivity contribution is 0.457. The van der Waals surface area contributed by atoms with Crippen molar-refractivity contribution in [3.8, 4) is 0 Å². The van der Waals surface area contributed by atoms with Crippen LogP contribution in [0.4, 0.5) is 0 Å². The van der Waals surface area contributed by atoms with E-state index in [1.165, 1.54) is 33.7 Å². The average Bonchev–Trinajstić information content (AvgIpc) is 3.05. The maximum Gasteiger partial charge on any atom is 0.0618 e. The Morgan fingerprint density at radius 2 is 1.82 bits per heavy atom. The van der Waals surface area contributed by atoms with Gasteiger partial charge in [-0.25, -0.2) is 0 Å². The summed E-state index contributed by atoms with van der Waals surface area (Å²) in [5.41, 5.74) is 7.84. The smallest absolute Gasteiger partial charge is 0.0618 e. The molecule has 184 valence electrons. The topological polar surface area (TPSA) is 24.7 Å². The van der Waals surface area contributed by atoms with Crippen LogP contribution >= 0.6 is 0 Å². The molecule has 0 aliphatic carbocycles. The summed E-state index contributed by atoms with van der Waals surface area (Å²) in [6.07, 6.45) is 20.0. The van der Waals surface area contributed by atoms with Gasteiger partial charge >= 0.3 is 0 Å². The van der Waals surface area contributed by atoms with Gasteiger partial charge in [-0.05, 0) is 86.5 Å². The Bertz CT molecular complexity index is 925. The molecule has 2 heterocycles. The average molecular weight is 459 g/mol. The molecule has 0 spiro atoms. The second kappa shape index (κ2) is 15.4. The van der Waals surface area contributed by atoms with E-state index in [-0.39, 0.29) is 0 Å². The lowest BCUT2D eigenvalue weighted by Crippen LogP contribution is -2.10. The quantitative estimate of drug-likeness (QED) is 0.370. The summed E-state index contributed by atoms with van der Waals surface area (Å²) >= 11 is 0. The molecule has 3 rings (SSSR count). The molecule has 2 heteroatoms. The van der Waals surface area contributed by atoms with Gasteiger partial charge in [-0.2, -0.15) is 0 Å². The first-order valence-electron chi connectivity index (χ1n) is 13.5. The number of allylic oxidation sites excluding steroid dienone is 6. The van der Waals surface area contributed by atoms with E-state index < -0.39 is 0 Å². The zero-order chi connectivity index (χ0) is 24.8. The number of rotatable bonds is 8. The van der Waals surface area contributed by atoms with E-state index in [4.69, 9.17) is 9.98 Å². The molecule has 0 bridgehead atoms. The minimum absolute atomic E-state index is 0.580. The summed E-state index contributed by atoms with van der Waals surface area (Å²) in [6, 6.07) is 10.7. The molecule has 2 nitrogen and oxygen atoms in total. The monoisotopic (exact) mass is 458 g/mol. The van der Waals surface area contributed by atoms with Gasteiger partial charge in [-0.15, -0.1) is 0 Å². The molecule has 2 atom stereocenters. The standard InChI is InChI=1S/C30H40N2.C2H6/c1-5-10-28(30-18-14-24(4)27(6-2)22-32-30)19-26-15-13-23(3)21-31-29(20-26)17-16-25-11-8-7-9-12-25;1-2/h7-9,11-12,18-22,24,27H,5-6,10,13-17H2,1-4H3;1-2H3/b23-21+,26-20+,28-19+,31-29-;. The third-order valence-corrected chi connectivity index (χ3v) is 6.62. The van der Waals surface area contributed by atoms with Gasteiger partial charge in [0.05, 0.1) is 5.70 Å². The van der Waals surface area contributed by atoms with E-state index in [0.717, 1.165) is 51.4 Å². The van der Waals surface area contributed by atoms with Crippen molar-refractivity contribution in [2.45, 2.75) is 92.9 Å². The van der Waals surface area contributed by atoms with Crippen LogP contribution in [0, 0.1) is 11.8 Å². The van der Waals surface area contributed by atoms with E-state index >= 15 is 0 Å². The van der Waals surface area contributed by atoms with Gasteiger partial charge in [-0.3, -0.25) is 9.98 Å². The maximum absolute atomic E-state index is 4.96. The third kappa shape index (κ3) is 9.05. The first-order chi connectivity index (χ1) is 16.6. The van der Waals surface area contributed by atoms with E-state index in [1.807, 2.05) is 13.8 Å². The van der Waals surface area contributed by atoms with Crippen LogP contribution in [-0.2, 0) is 6.42 Å². The van der Waals surface area contributed by atoms with Gasteiger partial charge in [0.25, 0.3) is 0 Å². The summed E-state index contributed by atoms with van der Waals surface area (Å²) in [4.78, 5) is 9.81. The molecule has 1 aromatic carbocycles. The lowest BCUT2D eigenvalue weighted by Gasteiger charge is -2.14. The van der Waals surface area contributed by atoms with Crippen LogP contribution in [0.5, 0.6) is 0 Å². The fraction of sp³-hybridized carbons (Fsp3) is 0.500. The Morgan fingerprint density at radius 1 is 1.06 bits per heavy atom. The fourth-order valence-electron chi connectivity index (χ4n) is 4.43. The van der Waals surface area contributed by atoms with Crippen molar-refractivity contribution < 1.29 is 0 Å². The molecule has 0 aromatic heterocycles. The molecule has 0 saturated carbocycles. The predicted octanol–water partition coefficient (Wildman–Crippen LogP) is 9.46. The molecule has 0 radical (unpaired) electrons.